The van der Waals surface area contributed by atoms with Crippen molar-refractivity contribution in [1.29, 1.82) is 0 Å². The van der Waals surface area contributed by atoms with Crippen molar-refractivity contribution >= 4 is 20.2 Å². The van der Waals surface area contributed by atoms with Crippen molar-refractivity contribution in [1.82, 2.24) is 0 Å². The molecule has 6 nitrogen and oxygen atoms in total. The van der Waals surface area contributed by atoms with Gasteiger partial charge >= 0.3 is 0 Å². The van der Waals surface area contributed by atoms with Crippen molar-refractivity contribution in [2.75, 3.05) is 11.5 Å². The highest BCUT2D eigenvalue weighted by molar-refractivity contribution is 7.86. The molecule has 0 bridgehead atoms. The number of hydrogen-bond acceptors (Lipinski definition) is 4. The minimum atomic E-state index is -3.80. The molecule has 0 aromatic rings. The van der Waals surface area contributed by atoms with Crippen molar-refractivity contribution in [3.05, 3.63) is 0 Å². The van der Waals surface area contributed by atoms with E-state index in [1.54, 1.807) is 0 Å². The summed E-state index contributed by atoms with van der Waals surface area (Å²) < 4.78 is 59.5. The monoisotopic (exact) mass is 462 g/mol. The van der Waals surface area contributed by atoms with Crippen LogP contribution in [0.3, 0.4) is 0 Å². The average molecular weight is 463 g/mol. The van der Waals surface area contributed by atoms with E-state index in [1.807, 2.05) is 0 Å². The zero-order valence-electron chi connectivity index (χ0n) is 18.1. The van der Waals surface area contributed by atoms with Crippen LogP contribution in [0.25, 0.3) is 0 Å². The Hall–Kier alpha value is -1.06. The van der Waals surface area contributed by atoms with E-state index in [0.717, 1.165) is 89.9 Å². The van der Waals surface area contributed by atoms with Crippen LogP contribution in [-0.4, -0.2) is 37.4 Å². The zero-order chi connectivity index (χ0) is 22.6. The highest BCUT2D eigenvalue weighted by Crippen LogP contribution is 2.10. The summed E-state index contributed by atoms with van der Waals surface area (Å²) in [6, 6.07) is 0. The Bertz CT molecular complexity index is 683. The predicted molar refractivity (Wildman–Crippen MR) is 122 cm³/mol. The zero-order valence-corrected chi connectivity index (χ0v) is 19.7. The van der Waals surface area contributed by atoms with Crippen LogP contribution >= 0.6 is 0 Å². The first-order valence-corrected chi connectivity index (χ1v) is 14.3. The van der Waals surface area contributed by atoms with Gasteiger partial charge in [-0.1, -0.05) is 76.0 Å². The Morgan fingerprint density at radius 1 is 0.433 bits per heavy atom. The summed E-state index contributed by atoms with van der Waals surface area (Å²) in [5, 5.41) is 0. The average Bonchev–Trinajstić information content (AvgIpc) is 2.64. The van der Waals surface area contributed by atoms with E-state index in [9.17, 15) is 16.8 Å². The molecular formula is C22H38O6S2. The molecule has 8 heteroatoms. The molecule has 30 heavy (non-hydrogen) atoms. The first-order valence-electron chi connectivity index (χ1n) is 11.1. The Morgan fingerprint density at radius 3 is 1.00 bits per heavy atom. The first-order chi connectivity index (χ1) is 14.2. The molecule has 0 fully saturated rings. The summed E-state index contributed by atoms with van der Waals surface area (Å²) in [5.74, 6) is 11.7. The number of unbranched alkanes of at least 4 members (excludes halogenated alkanes) is 14. The Kier molecular flexibility index (Phi) is 18.0. The van der Waals surface area contributed by atoms with Crippen LogP contribution in [0.5, 0.6) is 0 Å². The van der Waals surface area contributed by atoms with Gasteiger partial charge in [0.2, 0.25) is 0 Å². The van der Waals surface area contributed by atoms with E-state index in [-0.39, 0.29) is 11.5 Å². The molecule has 0 saturated heterocycles. The first kappa shape index (κ1) is 28.9. The standard InChI is InChI=1S/C22H38O6S2/c23-29(24,25)21-19-17-15-13-11-9-7-5-3-1-2-4-6-8-10-12-14-16-18-20-22-30(26,27)28/h5-22H2,(H,23,24,25)(H,26,27,28). The van der Waals surface area contributed by atoms with Gasteiger partial charge in [-0.2, -0.15) is 16.8 Å². The fourth-order valence-corrected chi connectivity index (χ4v) is 4.11. The SMILES string of the molecule is O=S(=O)(O)CCCCCCCCCC#CC#CCCCCCCCCCS(=O)(=O)O. The fourth-order valence-electron chi connectivity index (χ4n) is 2.98. The molecule has 0 unspecified atom stereocenters. The Labute approximate surface area is 184 Å². The molecule has 0 saturated carbocycles. The lowest BCUT2D eigenvalue weighted by atomic mass is 10.1. The molecule has 0 radical (unpaired) electrons. The van der Waals surface area contributed by atoms with Crippen LogP contribution in [0.15, 0.2) is 0 Å². The maximum absolute atomic E-state index is 10.6. The van der Waals surface area contributed by atoms with Crippen LogP contribution in [0, 0.1) is 23.7 Å². The summed E-state index contributed by atoms with van der Waals surface area (Å²) in [4.78, 5) is 0. The van der Waals surface area contributed by atoms with Crippen LogP contribution in [0.1, 0.15) is 103 Å². The molecule has 2 N–H and O–H groups in total. The second-order valence-electron chi connectivity index (χ2n) is 7.63. The van der Waals surface area contributed by atoms with Gasteiger partial charge in [0, 0.05) is 12.8 Å². The van der Waals surface area contributed by atoms with E-state index >= 15 is 0 Å². The summed E-state index contributed by atoms with van der Waals surface area (Å²) in [6.45, 7) is 0. The van der Waals surface area contributed by atoms with Gasteiger partial charge in [-0.15, -0.1) is 0 Å². The van der Waals surface area contributed by atoms with Crippen LogP contribution in [-0.2, 0) is 20.2 Å². The number of hydrogen-bond donors (Lipinski definition) is 2. The van der Waals surface area contributed by atoms with Gasteiger partial charge in [0.15, 0.2) is 0 Å². The van der Waals surface area contributed by atoms with E-state index < -0.39 is 20.2 Å². The molecule has 0 amide bonds. The van der Waals surface area contributed by atoms with Crippen molar-refractivity contribution < 1.29 is 25.9 Å². The normalized spacial score (nSPS) is 11.4. The van der Waals surface area contributed by atoms with Crippen molar-refractivity contribution in [3.63, 3.8) is 0 Å². The quantitative estimate of drug-likeness (QED) is 0.168. The van der Waals surface area contributed by atoms with Gasteiger partial charge in [-0.25, -0.2) is 0 Å². The second-order valence-corrected chi connectivity index (χ2v) is 10.8. The topological polar surface area (TPSA) is 109 Å². The van der Waals surface area contributed by atoms with E-state index in [0.29, 0.717) is 12.8 Å². The van der Waals surface area contributed by atoms with Gasteiger partial charge in [0.05, 0.1) is 11.5 Å². The summed E-state index contributed by atoms with van der Waals surface area (Å²) in [5.41, 5.74) is 0. The summed E-state index contributed by atoms with van der Waals surface area (Å²) in [7, 11) is -7.60. The lowest BCUT2D eigenvalue weighted by molar-refractivity contribution is 0.476. The molecule has 0 atom stereocenters. The maximum atomic E-state index is 10.6. The smallest absolute Gasteiger partial charge is 0.264 e. The van der Waals surface area contributed by atoms with E-state index in [4.69, 9.17) is 9.11 Å². The van der Waals surface area contributed by atoms with Gasteiger partial charge in [0.25, 0.3) is 20.2 Å². The van der Waals surface area contributed by atoms with Gasteiger partial charge in [-0.3, -0.25) is 9.11 Å². The molecule has 0 aliphatic heterocycles. The van der Waals surface area contributed by atoms with Crippen LogP contribution in [0.4, 0.5) is 0 Å². The molecule has 0 heterocycles. The molecule has 0 aromatic heterocycles. The largest absolute Gasteiger partial charge is 0.286 e. The lowest BCUT2D eigenvalue weighted by Crippen LogP contribution is -2.03. The highest BCUT2D eigenvalue weighted by atomic mass is 32.2. The molecule has 0 aromatic carbocycles. The maximum Gasteiger partial charge on any atom is 0.264 e. The molecule has 0 rings (SSSR count). The molecule has 0 aliphatic rings. The van der Waals surface area contributed by atoms with Crippen molar-refractivity contribution in [3.8, 4) is 23.7 Å². The lowest BCUT2D eigenvalue weighted by Gasteiger charge is -2.00. The van der Waals surface area contributed by atoms with E-state index in [1.165, 1.54) is 0 Å². The Balaban J connectivity index is 3.35. The highest BCUT2D eigenvalue weighted by Gasteiger charge is 2.03. The predicted octanol–water partition coefficient (Wildman–Crippen LogP) is 5.01. The third-order valence-electron chi connectivity index (χ3n) is 4.65. The fraction of sp³-hybridized carbons (Fsp3) is 0.818. The molecule has 174 valence electrons. The third kappa shape index (κ3) is 26.9. The number of rotatable bonds is 18. The molecule has 0 spiro atoms. The van der Waals surface area contributed by atoms with Crippen LogP contribution in [0.2, 0.25) is 0 Å². The van der Waals surface area contributed by atoms with E-state index in [2.05, 4.69) is 23.7 Å². The molecule has 0 aliphatic carbocycles. The second kappa shape index (κ2) is 18.7. The van der Waals surface area contributed by atoms with Crippen molar-refractivity contribution in [2.24, 2.45) is 0 Å². The summed E-state index contributed by atoms with van der Waals surface area (Å²) in [6.07, 6.45) is 15.2. The van der Waals surface area contributed by atoms with Crippen molar-refractivity contribution in [2.45, 2.75) is 103 Å². The van der Waals surface area contributed by atoms with Gasteiger partial charge < -0.3 is 0 Å². The van der Waals surface area contributed by atoms with Gasteiger partial charge in [-0.05, 0) is 37.5 Å². The minimum absolute atomic E-state index is 0.133. The minimum Gasteiger partial charge on any atom is -0.286 e. The molecular weight excluding hydrogens is 424 g/mol. The third-order valence-corrected chi connectivity index (χ3v) is 6.26. The van der Waals surface area contributed by atoms with Gasteiger partial charge in [0.1, 0.15) is 0 Å². The Morgan fingerprint density at radius 2 is 0.700 bits per heavy atom. The van der Waals surface area contributed by atoms with Crippen LogP contribution < -0.4 is 0 Å². The summed E-state index contributed by atoms with van der Waals surface area (Å²) >= 11 is 0.